The molecule has 3 fully saturated rings. The molecular weight excluding hydrogens is 408 g/mol. The fraction of sp³-hybridized carbons (Fsp3) is 0.800. The minimum Gasteiger partial charge on any atom is -0.463 e. The molecule has 0 bridgehead atoms. The molecule has 8 atom stereocenters. The van der Waals surface area contributed by atoms with Crippen molar-refractivity contribution in [2.45, 2.75) is 106 Å². The lowest BCUT2D eigenvalue weighted by atomic mass is 9.49. The molecule has 33 heavy (non-hydrogen) atoms. The topological polar surface area (TPSA) is 43.4 Å². The van der Waals surface area contributed by atoms with Gasteiger partial charge in [0.2, 0.25) is 0 Å². The van der Waals surface area contributed by atoms with E-state index in [0.29, 0.717) is 41.3 Å². The van der Waals surface area contributed by atoms with Crippen molar-refractivity contribution in [2.24, 2.45) is 46.3 Å². The third-order valence-corrected chi connectivity index (χ3v) is 10.5. The van der Waals surface area contributed by atoms with Crippen LogP contribution in [0.25, 0.3) is 0 Å². The van der Waals surface area contributed by atoms with Crippen LogP contribution in [0.1, 0.15) is 99.8 Å². The van der Waals surface area contributed by atoms with Gasteiger partial charge in [-0.05, 0) is 91.3 Å². The van der Waals surface area contributed by atoms with Crippen LogP contribution in [0.2, 0.25) is 0 Å². The second-order valence-corrected chi connectivity index (χ2v) is 12.7. The Hall–Kier alpha value is -1.38. The first-order chi connectivity index (χ1) is 15.5. The van der Waals surface area contributed by atoms with Crippen LogP contribution in [0.15, 0.2) is 23.3 Å². The maximum atomic E-state index is 13.5. The Bertz CT molecular complexity index is 851. The van der Waals surface area contributed by atoms with Crippen molar-refractivity contribution in [2.75, 3.05) is 0 Å². The molecule has 3 saturated carbocycles. The van der Waals surface area contributed by atoms with Gasteiger partial charge >= 0.3 is 5.97 Å². The number of carbonyl (C=O) groups excluding carboxylic acids is 2. The highest BCUT2D eigenvalue weighted by molar-refractivity contribution is 6.00. The SMILES string of the molecule is CC(=O)O[C@@H]1CC[C@@]2(C)[C@@H](CCC3=C4C(=O)C[C@H]([C@H](C)C=CC(C)C(C)C)[C@@]4(C)CC[C@@H]32)C1. The molecule has 4 rings (SSSR count). The van der Waals surface area contributed by atoms with Crippen LogP contribution in [-0.4, -0.2) is 17.9 Å². The van der Waals surface area contributed by atoms with Crippen LogP contribution in [0.3, 0.4) is 0 Å². The van der Waals surface area contributed by atoms with Crippen LogP contribution >= 0.6 is 0 Å². The molecule has 0 spiro atoms. The van der Waals surface area contributed by atoms with Gasteiger partial charge in [-0.3, -0.25) is 9.59 Å². The van der Waals surface area contributed by atoms with Gasteiger partial charge in [0.05, 0.1) is 0 Å². The van der Waals surface area contributed by atoms with Crippen molar-refractivity contribution in [1.29, 1.82) is 0 Å². The quantitative estimate of drug-likeness (QED) is 0.323. The van der Waals surface area contributed by atoms with Crippen molar-refractivity contribution in [3.63, 3.8) is 0 Å². The molecule has 0 radical (unpaired) electrons. The molecular formula is C30H46O3. The van der Waals surface area contributed by atoms with Gasteiger partial charge in [-0.2, -0.15) is 0 Å². The first-order valence-corrected chi connectivity index (χ1v) is 13.6. The highest BCUT2D eigenvalue weighted by Crippen LogP contribution is 2.65. The minimum atomic E-state index is -0.149. The Kier molecular flexibility index (Phi) is 6.75. The van der Waals surface area contributed by atoms with Crippen molar-refractivity contribution in [3.8, 4) is 0 Å². The van der Waals surface area contributed by atoms with Crippen molar-refractivity contribution in [3.05, 3.63) is 23.3 Å². The van der Waals surface area contributed by atoms with E-state index in [1.54, 1.807) is 0 Å². The molecule has 0 saturated heterocycles. The lowest BCUT2D eigenvalue weighted by molar-refractivity contribution is -0.152. The van der Waals surface area contributed by atoms with E-state index in [0.717, 1.165) is 44.9 Å². The summed E-state index contributed by atoms with van der Waals surface area (Å²) in [5.74, 6) is 3.50. The van der Waals surface area contributed by atoms with Crippen LogP contribution < -0.4 is 0 Å². The Morgan fingerprint density at radius 1 is 1.06 bits per heavy atom. The van der Waals surface area contributed by atoms with E-state index in [9.17, 15) is 9.59 Å². The molecule has 0 aromatic heterocycles. The third-order valence-electron chi connectivity index (χ3n) is 10.5. The summed E-state index contributed by atoms with van der Waals surface area (Å²) in [6.07, 6.45) is 13.2. The van der Waals surface area contributed by atoms with E-state index in [2.05, 4.69) is 53.7 Å². The molecule has 4 aliphatic carbocycles. The number of rotatable bonds is 5. The van der Waals surface area contributed by atoms with Crippen LogP contribution in [0.5, 0.6) is 0 Å². The second-order valence-electron chi connectivity index (χ2n) is 12.7. The van der Waals surface area contributed by atoms with E-state index in [1.165, 1.54) is 24.5 Å². The van der Waals surface area contributed by atoms with Gasteiger partial charge in [0.1, 0.15) is 6.10 Å². The Balaban J connectivity index is 1.59. The normalized spacial score (nSPS) is 40.4. The Morgan fingerprint density at radius 3 is 2.45 bits per heavy atom. The van der Waals surface area contributed by atoms with E-state index >= 15 is 0 Å². The number of hydrogen-bond donors (Lipinski definition) is 0. The minimum absolute atomic E-state index is 0.0336. The molecule has 3 nitrogen and oxygen atoms in total. The molecule has 0 aliphatic heterocycles. The molecule has 4 aliphatic rings. The largest absolute Gasteiger partial charge is 0.463 e. The maximum absolute atomic E-state index is 13.5. The highest BCUT2D eigenvalue weighted by atomic mass is 16.5. The van der Waals surface area contributed by atoms with Crippen LogP contribution in [-0.2, 0) is 14.3 Å². The Labute approximate surface area is 201 Å². The van der Waals surface area contributed by atoms with Gasteiger partial charge in [-0.25, -0.2) is 0 Å². The lowest BCUT2D eigenvalue weighted by Crippen LogP contribution is -2.49. The predicted octanol–water partition coefficient (Wildman–Crippen LogP) is 7.30. The molecule has 0 amide bonds. The fourth-order valence-corrected chi connectivity index (χ4v) is 8.14. The second kappa shape index (κ2) is 9.00. The standard InChI is InChI=1S/C30H46O3/c1-18(2)19(3)8-9-20(4)26-17-27(32)28-24-11-10-22-16-23(33-21(5)31)12-14-29(22,6)25(24)13-15-30(26,28)7/h8-9,18-20,22-23,25-26H,10-17H2,1-7H3/t19?,20-,22+,23-,25+,26-,29+,30-/m1/s1. The molecule has 0 heterocycles. The molecule has 0 N–H and O–H groups in total. The lowest BCUT2D eigenvalue weighted by Gasteiger charge is -2.56. The summed E-state index contributed by atoms with van der Waals surface area (Å²) >= 11 is 0. The average molecular weight is 455 g/mol. The Morgan fingerprint density at radius 2 is 1.79 bits per heavy atom. The van der Waals surface area contributed by atoms with E-state index in [4.69, 9.17) is 4.74 Å². The van der Waals surface area contributed by atoms with Gasteiger partial charge in [0.15, 0.2) is 5.78 Å². The van der Waals surface area contributed by atoms with Crippen molar-refractivity contribution in [1.82, 2.24) is 0 Å². The molecule has 184 valence electrons. The number of Topliss-reactive ketones (excluding diaryl/α,β-unsaturated/α-hetero) is 1. The number of carbonyl (C=O) groups is 2. The van der Waals surface area contributed by atoms with Gasteiger partial charge in [-0.1, -0.05) is 59.3 Å². The van der Waals surface area contributed by atoms with Crippen molar-refractivity contribution >= 4 is 11.8 Å². The zero-order chi connectivity index (χ0) is 24.1. The summed E-state index contributed by atoms with van der Waals surface area (Å²) < 4.78 is 5.61. The highest BCUT2D eigenvalue weighted by Gasteiger charge is 2.58. The zero-order valence-corrected chi connectivity index (χ0v) is 22.1. The summed E-state index contributed by atoms with van der Waals surface area (Å²) in [5.41, 5.74) is 3.04. The molecule has 3 heteroatoms. The first kappa shape index (κ1) is 24.7. The van der Waals surface area contributed by atoms with Gasteiger partial charge in [0, 0.05) is 18.9 Å². The van der Waals surface area contributed by atoms with Crippen LogP contribution in [0.4, 0.5) is 0 Å². The van der Waals surface area contributed by atoms with Gasteiger partial charge < -0.3 is 4.74 Å². The monoisotopic (exact) mass is 454 g/mol. The number of fused-ring (bicyclic) bond motifs is 4. The summed E-state index contributed by atoms with van der Waals surface area (Å²) in [4.78, 5) is 25.0. The zero-order valence-electron chi connectivity index (χ0n) is 22.1. The third kappa shape index (κ3) is 4.27. The summed E-state index contributed by atoms with van der Waals surface area (Å²) in [7, 11) is 0. The summed E-state index contributed by atoms with van der Waals surface area (Å²) in [6.45, 7) is 15.6. The molecule has 0 aromatic rings. The number of hydrogen-bond acceptors (Lipinski definition) is 3. The first-order valence-electron chi connectivity index (χ1n) is 13.6. The van der Waals surface area contributed by atoms with Gasteiger partial charge in [0.25, 0.3) is 0 Å². The molecule has 1 unspecified atom stereocenters. The summed E-state index contributed by atoms with van der Waals surface area (Å²) in [6, 6.07) is 0. The predicted molar refractivity (Wildman–Crippen MR) is 134 cm³/mol. The number of ketones is 1. The van der Waals surface area contributed by atoms with Gasteiger partial charge in [-0.15, -0.1) is 0 Å². The van der Waals surface area contributed by atoms with Crippen molar-refractivity contribution < 1.29 is 14.3 Å². The maximum Gasteiger partial charge on any atom is 0.302 e. The smallest absolute Gasteiger partial charge is 0.302 e. The van der Waals surface area contributed by atoms with E-state index in [-0.39, 0.29) is 22.9 Å². The number of allylic oxidation sites excluding steroid dienone is 4. The van der Waals surface area contributed by atoms with E-state index < -0.39 is 0 Å². The number of esters is 1. The van der Waals surface area contributed by atoms with Crippen LogP contribution in [0, 0.1) is 46.3 Å². The number of ether oxygens (including phenoxy) is 1. The fourth-order valence-electron chi connectivity index (χ4n) is 8.14. The molecule has 0 aromatic carbocycles. The average Bonchev–Trinajstić information content (AvgIpc) is 3.02. The van der Waals surface area contributed by atoms with E-state index in [1.807, 2.05) is 0 Å². The summed E-state index contributed by atoms with van der Waals surface area (Å²) in [5, 5.41) is 0.